The maximum absolute atomic E-state index is 11.6. The van der Waals surface area contributed by atoms with Crippen LogP contribution in [0.4, 0.5) is 0 Å². The molecule has 1 fully saturated rings. The SMILES string of the molecule is C=CS(=O)(=O)NC(C)(c1noc(C)n1)C1CC1. The molecule has 2 rings (SSSR count). The van der Waals surface area contributed by atoms with E-state index in [0.29, 0.717) is 11.7 Å². The molecule has 1 aromatic rings. The Bertz CT molecular complexity index is 533. The summed E-state index contributed by atoms with van der Waals surface area (Å²) in [5.41, 5.74) is -0.815. The zero-order valence-electron chi connectivity index (χ0n) is 9.80. The molecule has 1 saturated carbocycles. The third kappa shape index (κ3) is 2.39. The van der Waals surface area contributed by atoms with Gasteiger partial charge in [-0.15, -0.1) is 0 Å². The predicted octanol–water partition coefficient (Wildman–Crippen LogP) is 1.07. The molecule has 0 spiro atoms. The van der Waals surface area contributed by atoms with Gasteiger partial charge in [0.15, 0.2) is 5.82 Å². The van der Waals surface area contributed by atoms with Gasteiger partial charge in [-0.1, -0.05) is 11.7 Å². The molecule has 1 aromatic heterocycles. The molecule has 1 aliphatic carbocycles. The number of rotatable bonds is 5. The number of aryl methyl sites for hydroxylation is 1. The zero-order chi connectivity index (χ0) is 12.7. The van der Waals surface area contributed by atoms with E-state index in [1.54, 1.807) is 13.8 Å². The van der Waals surface area contributed by atoms with E-state index in [0.717, 1.165) is 18.2 Å². The van der Waals surface area contributed by atoms with Crippen molar-refractivity contribution in [2.45, 2.75) is 32.2 Å². The summed E-state index contributed by atoms with van der Waals surface area (Å²) in [5, 5.41) is 4.71. The van der Waals surface area contributed by atoms with Crippen molar-refractivity contribution in [3.63, 3.8) is 0 Å². The standard InChI is InChI=1S/C10H15N3O3S/c1-4-17(14,15)13-10(3,8-5-6-8)9-11-7(2)16-12-9/h4,8,13H,1,5-6H2,2-3H3. The first-order valence-corrected chi connectivity index (χ1v) is 6.89. The van der Waals surface area contributed by atoms with Gasteiger partial charge >= 0.3 is 0 Å². The summed E-state index contributed by atoms with van der Waals surface area (Å²) in [6.45, 7) is 6.73. The van der Waals surface area contributed by atoms with Gasteiger partial charge in [0.25, 0.3) is 0 Å². The first kappa shape index (κ1) is 12.3. The fraction of sp³-hybridized carbons (Fsp3) is 0.600. The quantitative estimate of drug-likeness (QED) is 0.852. The number of nitrogens with one attached hydrogen (secondary N) is 1. The average Bonchev–Trinajstić information content (AvgIpc) is 3.01. The highest BCUT2D eigenvalue weighted by atomic mass is 32.2. The van der Waals surface area contributed by atoms with Gasteiger partial charge in [-0.05, 0) is 25.7 Å². The van der Waals surface area contributed by atoms with Crippen LogP contribution < -0.4 is 4.72 Å². The summed E-state index contributed by atoms with van der Waals surface area (Å²) in [6.07, 6.45) is 1.90. The lowest BCUT2D eigenvalue weighted by atomic mass is 9.97. The molecule has 1 aliphatic rings. The molecule has 0 aromatic carbocycles. The monoisotopic (exact) mass is 257 g/mol. The van der Waals surface area contributed by atoms with E-state index < -0.39 is 15.6 Å². The molecule has 0 saturated heterocycles. The highest BCUT2D eigenvalue weighted by molar-refractivity contribution is 7.92. The van der Waals surface area contributed by atoms with Crippen LogP contribution in [0.5, 0.6) is 0 Å². The van der Waals surface area contributed by atoms with Crippen LogP contribution in [0.1, 0.15) is 31.5 Å². The third-order valence-corrected chi connectivity index (χ3v) is 4.11. The minimum atomic E-state index is -3.53. The van der Waals surface area contributed by atoms with Gasteiger partial charge in [-0.2, -0.15) is 9.71 Å². The van der Waals surface area contributed by atoms with Crippen molar-refractivity contribution in [3.8, 4) is 0 Å². The molecular formula is C10H15N3O3S. The Kier molecular flexibility index (Phi) is 2.82. The largest absolute Gasteiger partial charge is 0.340 e. The summed E-state index contributed by atoms with van der Waals surface area (Å²) in [7, 11) is -3.53. The Balaban J connectivity index is 2.36. The summed E-state index contributed by atoms with van der Waals surface area (Å²) in [5.74, 6) is 1.00. The second kappa shape index (κ2) is 3.92. The topological polar surface area (TPSA) is 85.1 Å². The smallest absolute Gasteiger partial charge is 0.234 e. The summed E-state index contributed by atoms with van der Waals surface area (Å²) in [4.78, 5) is 4.12. The van der Waals surface area contributed by atoms with Crippen LogP contribution >= 0.6 is 0 Å². The van der Waals surface area contributed by atoms with Crippen molar-refractivity contribution >= 4 is 10.0 Å². The van der Waals surface area contributed by atoms with E-state index in [2.05, 4.69) is 21.4 Å². The molecule has 0 bridgehead atoms. The first-order chi connectivity index (χ1) is 7.87. The van der Waals surface area contributed by atoms with Crippen LogP contribution in [0, 0.1) is 12.8 Å². The molecule has 1 N–H and O–H groups in total. The number of hydrogen-bond donors (Lipinski definition) is 1. The maximum atomic E-state index is 11.6. The molecular weight excluding hydrogens is 242 g/mol. The highest BCUT2D eigenvalue weighted by Gasteiger charge is 2.48. The van der Waals surface area contributed by atoms with Crippen LogP contribution in [0.15, 0.2) is 16.5 Å². The second-order valence-electron chi connectivity index (χ2n) is 4.43. The van der Waals surface area contributed by atoms with Crippen molar-refractivity contribution in [2.24, 2.45) is 5.92 Å². The molecule has 94 valence electrons. The molecule has 1 heterocycles. The van der Waals surface area contributed by atoms with Crippen molar-refractivity contribution < 1.29 is 12.9 Å². The molecule has 0 aliphatic heterocycles. The van der Waals surface area contributed by atoms with Crippen molar-refractivity contribution in [3.05, 3.63) is 23.7 Å². The van der Waals surface area contributed by atoms with Crippen molar-refractivity contribution in [1.82, 2.24) is 14.9 Å². The third-order valence-electron chi connectivity index (χ3n) is 2.96. The number of hydrogen-bond acceptors (Lipinski definition) is 5. The molecule has 17 heavy (non-hydrogen) atoms. The van der Waals surface area contributed by atoms with E-state index in [1.807, 2.05) is 0 Å². The number of aromatic nitrogens is 2. The van der Waals surface area contributed by atoms with Gasteiger partial charge in [0.2, 0.25) is 15.9 Å². The van der Waals surface area contributed by atoms with Gasteiger partial charge in [0.1, 0.15) is 0 Å². The van der Waals surface area contributed by atoms with Crippen LogP contribution in [-0.2, 0) is 15.6 Å². The lowest BCUT2D eigenvalue weighted by Gasteiger charge is -2.26. The van der Waals surface area contributed by atoms with Gasteiger partial charge in [-0.25, -0.2) is 8.42 Å². The maximum Gasteiger partial charge on any atom is 0.234 e. The fourth-order valence-electron chi connectivity index (χ4n) is 1.82. The van der Waals surface area contributed by atoms with Crippen LogP contribution in [-0.4, -0.2) is 18.6 Å². The van der Waals surface area contributed by atoms with E-state index >= 15 is 0 Å². The van der Waals surface area contributed by atoms with Crippen LogP contribution in [0.2, 0.25) is 0 Å². The molecule has 1 atom stereocenters. The lowest BCUT2D eigenvalue weighted by Crippen LogP contribution is -2.45. The second-order valence-corrected chi connectivity index (χ2v) is 6.05. The normalized spacial score (nSPS) is 19.9. The molecule has 7 heteroatoms. The van der Waals surface area contributed by atoms with E-state index in [1.165, 1.54) is 0 Å². The minimum Gasteiger partial charge on any atom is -0.340 e. The fourth-order valence-corrected chi connectivity index (χ4v) is 2.75. The minimum absolute atomic E-state index is 0.203. The highest BCUT2D eigenvalue weighted by Crippen LogP contribution is 2.45. The molecule has 1 unspecified atom stereocenters. The molecule has 0 amide bonds. The number of nitrogens with zero attached hydrogens (tertiary/aromatic N) is 2. The lowest BCUT2D eigenvalue weighted by molar-refractivity contribution is 0.324. The van der Waals surface area contributed by atoms with Gasteiger partial charge in [0, 0.05) is 12.3 Å². The summed E-state index contributed by atoms with van der Waals surface area (Å²) >= 11 is 0. The van der Waals surface area contributed by atoms with E-state index in [-0.39, 0.29) is 5.92 Å². The molecule has 0 radical (unpaired) electrons. The Morgan fingerprint density at radius 3 is 2.65 bits per heavy atom. The van der Waals surface area contributed by atoms with E-state index in [9.17, 15) is 8.42 Å². The zero-order valence-corrected chi connectivity index (χ0v) is 10.6. The Hall–Kier alpha value is -1.21. The average molecular weight is 257 g/mol. The number of sulfonamides is 1. The first-order valence-electron chi connectivity index (χ1n) is 5.34. The summed E-state index contributed by atoms with van der Waals surface area (Å²) < 4.78 is 30.7. The Morgan fingerprint density at radius 1 is 1.59 bits per heavy atom. The van der Waals surface area contributed by atoms with Crippen molar-refractivity contribution in [1.29, 1.82) is 0 Å². The van der Waals surface area contributed by atoms with E-state index in [4.69, 9.17) is 4.52 Å². The molecule has 6 nitrogen and oxygen atoms in total. The Labute approximate surface area is 100 Å². The van der Waals surface area contributed by atoms with Crippen LogP contribution in [0.3, 0.4) is 0 Å². The van der Waals surface area contributed by atoms with Crippen LogP contribution in [0.25, 0.3) is 0 Å². The predicted molar refractivity (Wildman–Crippen MR) is 61.4 cm³/mol. The van der Waals surface area contributed by atoms with Gasteiger partial charge in [0.05, 0.1) is 5.54 Å². The van der Waals surface area contributed by atoms with Gasteiger partial charge in [-0.3, -0.25) is 0 Å². The Morgan fingerprint density at radius 2 is 2.24 bits per heavy atom. The summed E-state index contributed by atoms with van der Waals surface area (Å²) in [6, 6.07) is 0. The van der Waals surface area contributed by atoms with Crippen molar-refractivity contribution in [2.75, 3.05) is 0 Å². The van der Waals surface area contributed by atoms with Gasteiger partial charge < -0.3 is 4.52 Å².